The van der Waals surface area contributed by atoms with Gasteiger partial charge in [-0.25, -0.2) is 0 Å². The molecule has 5 aromatic carbocycles. The van der Waals surface area contributed by atoms with Gasteiger partial charge in [0.1, 0.15) is 0 Å². The second kappa shape index (κ2) is 6.22. The van der Waals surface area contributed by atoms with Crippen molar-refractivity contribution in [2.75, 3.05) is 12.5 Å². The molecule has 0 spiro atoms. The van der Waals surface area contributed by atoms with Crippen molar-refractivity contribution in [3.8, 4) is 0 Å². The lowest BCUT2D eigenvalue weighted by Gasteiger charge is -2.18. The van der Waals surface area contributed by atoms with E-state index in [1.807, 2.05) is 23.5 Å². The van der Waals surface area contributed by atoms with E-state index in [1.165, 1.54) is 52.9 Å². The van der Waals surface area contributed by atoms with Crippen LogP contribution in [0.3, 0.4) is 0 Å². The molecule has 0 aliphatic rings. The molecular formula is C24H18S2. The third kappa shape index (κ3) is 2.19. The fourth-order valence-corrected chi connectivity index (χ4v) is 6.02. The average molecular weight is 371 g/mol. The minimum Gasteiger partial charge on any atom is -0.128 e. The second-order valence-electron chi connectivity index (χ2n) is 6.49. The molecule has 0 bridgehead atoms. The van der Waals surface area contributed by atoms with Gasteiger partial charge in [-0.15, -0.1) is 23.5 Å². The molecule has 0 saturated heterocycles. The quantitative estimate of drug-likeness (QED) is 0.230. The normalized spacial score (nSPS) is 11.8. The molecule has 0 saturated carbocycles. The molecule has 5 aromatic rings. The van der Waals surface area contributed by atoms with Crippen molar-refractivity contribution in [1.82, 2.24) is 0 Å². The minimum atomic E-state index is 1.31. The van der Waals surface area contributed by atoms with E-state index in [4.69, 9.17) is 0 Å². The van der Waals surface area contributed by atoms with E-state index in [1.54, 1.807) is 0 Å². The Morgan fingerprint density at radius 3 is 1.31 bits per heavy atom. The number of hydrogen-bond acceptors (Lipinski definition) is 2. The molecule has 0 aliphatic heterocycles. The van der Waals surface area contributed by atoms with Gasteiger partial charge in [0.15, 0.2) is 0 Å². The van der Waals surface area contributed by atoms with Crippen LogP contribution in [-0.2, 0) is 0 Å². The summed E-state index contributed by atoms with van der Waals surface area (Å²) in [7, 11) is 0. The van der Waals surface area contributed by atoms with E-state index in [0.717, 1.165) is 0 Å². The van der Waals surface area contributed by atoms with Crippen LogP contribution >= 0.6 is 23.5 Å². The molecule has 26 heavy (non-hydrogen) atoms. The van der Waals surface area contributed by atoms with E-state index in [0.29, 0.717) is 0 Å². The molecule has 0 atom stereocenters. The summed E-state index contributed by atoms with van der Waals surface area (Å²) in [5, 5.41) is 10.8. The molecule has 0 aliphatic carbocycles. The Morgan fingerprint density at radius 1 is 0.462 bits per heavy atom. The van der Waals surface area contributed by atoms with Crippen LogP contribution in [0.1, 0.15) is 0 Å². The summed E-state index contributed by atoms with van der Waals surface area (Å²) >= 11 is 3.73. The van der Waals surface area contributed by atoms with Crippen LogP contribution in [0.2, 0.25) is 0 Å². The fraction of sp³-hybridized carbons (Fsp3) is 0.0833. The highest BCUT2D eigenvalue weighted by Gasteiger charge is 2.17. The molecule has 2 heteroatoms. The lowest BCUT2D eigenvalue weighted by atomic mass is 9.94. The van der Waals surface area contributed by atoms with Crippen molar-refractivity contribution in [2.45, 2.75) is 9.79 Å². The topological polar surface area (TPSA) is 0 Å². The first-order valence-corrected chi connectivity index (χ1v) is 11.2. The van der Waals surface area contributed by atoms with Crippen LogP contribution in [0.15, 0.2) is 82.6 Å². The zero-order chi connectivity index (χ0) is 17.7. The van der Waals surface area contributed by atoms with Crippen LogP contribution in [0.4, 0.5) is 0 Å². The standard InChI is InChI=1S/C24H18S2/c1-25-23-21-17-9-5-3-7-15(17)11-13-19(21)20-14-12-16-8-4-6-10-18(16)22(20)24(23)26-2/h3-14H,1-2H3. The summed E-state index contributed by atoms with van der Waals surface area (Å²) in [5.74, 6) is 0. The Labute approximate surface area is 161 Å². The predicted octanol–water partition coefficient (Wildman–Crippen LogP) is 7.74. The van der Waals surface area contributed by atoms with E-state index < -0.39 is 0 Å². The summed E-state index contributed by atoms with van der Waals surface area (Å²) in [6.45, 7) is 0. The van der Waals surface area contributed by atoms with Gasteiger partial charge in [0.05, 0.1) is 0 Å². The summed E-state index contributed by atoms with van der Waals surface area (Å²) in [6, 6.07) is 26.6. The maximum Gasteiger partial charge on any atom is 0.0297 e. The number of rotatable bonds is 2. The SMILES string of the molecule is CSc1c(SC)c2c3ccccc3ccc2c2ccc3ccccc3c12. The zero-order valence-electron chi connectivity index (χ0n) is 14.7. The number of fused-ring (bicyclic) bond motifs is 7. The largest absolute Gasteiger partial charge is 0.128 e. The highest BCUT2D eigenvalue weighted by Crippen LogP contribution is 2.46. The van der Waals surface area contributed by atoms with Crippen molar-refractivity contribution in [2.24, 2.45) is 0 Å². The Balaban J connectivity index is 2.15. The lowest BCUT2D eigenvalue weighted by molar-refractivity contribution is 1.38. The highest BCUT2D eigenvalue weighted by atomic mass is 32.2. The highest BCUT2D eigenvalue weighted by molar-refractivity contribution is 8.02. The summed E-state index contributed by atoms with van der Waals surface area (Å²) in [4.78, 5) is 2.79. The molecular weight excluding hydrogens is 352 g/mol. The molecule has 0 fully saturated rings. The Morgan fingerprint density at radius 2 is 0.885 bits per heavy atom. The van der Waals surface area contributed by atoms with Crippen molar-refractivity contribution >= 4 is 66.6 Å². The van der Waals surface area contributed by atoms with Gasteiger partial charge >= 0.3 is 0 Å². The van der Waals surface area contributed by atoms with E-state index >= 15 is 0 Å². The molecule has 126 valence electrons. The van der Waals surface area contributed by atoms with Crippen LogP contribution in [0.25, 0.3) is 43.1 Å². The smallest absolute Gasteiger partial charge is 0.0297 e. The fourth-order valence-electron chi connectivity index (χ4n) is 4.10. The van der Waals surface area contributed by atoms with Crippen molar-refractivity contribution < 1.29 is 0 Å². The Kier molecular flexibility index (Phi) is 3.84. The van der Waals surface area contributed by atoms with Gasteiger partial charge in [0, 0.05) is 20.6 Å². The van der Waals surface area contributed by atoms with Gasteiger partial charge in [-0.3, -0.25) is 0 Å². The molecule has 0 unspecified atom stereocenters. The maximum absolute atomic E-state index is 2.30. The number of thioether (sulfide) groups is 2. The van der Waals surface area contributed by atoms with Gasteiger partial charge in [-0.05, 0) is 44.8 Å². The Hall–Kier alpha value is -2.16. The van der Waals surface area contributed by atoms with Gasteiger partial charge in [0.25, 0.3) is 0 Å². The van der Waals surface area contributed by atoms with E-state index in [9.17, 15) is 0 Å². The van der Waals surface area contributed by atoms with Crippen LogP contribution in [0, 0.1) is 0 Å². The summed E-state index contributed by atoms with van der Waals surface area (Å²) in [6.07, 6.45) is 4.40. The number of benzene rings is 5. The molecule has 0 amide bonds. The summed E-state index contributed by atoms with van der Waals surface area (Å²) in [5.41, 5.74) is 0. The van der Waals surface area contributed by atoms with E-state index in [-0.39, 0.29) is 0 Å². The first kappa shape index (κ1) is 16.0. The van der Waals surface area contributed by atoms with Gasteiger partial charge in [-0.2, -0.15) is 0 Å². The number of hydrogen-bond donors (Lipinski definition) is 0. The van der Waals surface area contributed by atoms with Crippen molar-refractivity contribution in [3.63, 3.8) is 0 Å². The van der Waals surface area contributed by atoms with Gasteiger partial charge in [-0.1, -0.05) is 72.8 Å². The maximum atomic E-state index is 2.30. The third-order valence-corrected chi connectivity index (χ3v) is 6.98. The van der Waals surface area contributed by atoms with Gasteiger partial charge in [0.2, 0.25) is 0 Å². The van der Waals surface area contributed by atoms with Crippen LogP contribution in [-0.4, -0.2) is 12.5 Å². The van der Waals surface area contributed by atoms with Crippen molar-refractivity contribution in [1.29, 1.82) is 0 Å². The van der Waals surface area contributed by atoms with Crippen LogP contribution in [0.5, 0.6) is 0 Å². The molecule has 0 nitrogen and oxygen atoms in total. The molecule has 0 heterocycles. The summed E-state index contributed by atoms with van der Waals surface area (Å²) < 4.78 is 0. The average Bonchev–Trinajstić information content (AvgIpc) is 2.71. The van der Waals surface area contributed by atoms with Crippen molar-refractivity contribution in [3.05, 3.63) is 72.8 Å². The predicted molar refractivity (Wildman–Crippen MR) is 120 cm³/mol. The molecule has 5 rings (SSSR count). The third-order valence-electron chi connectivity index (χ3n) is 5.22. The first-order chi connectivity index (χ1) is 12.8. The van der Waals surface area contributed by atoms with Gasteiger partial charge < -0.3 is 0 Å². The monoisotopic (exact) mass is 370 g/mol. The first-order valence-electron chi connectivity index (χ1n) is 8.70. The Bertz CT molecular complexity index is 1200. The second-order valence-corrected chi connectivity index (χ2v) is 8.12. The van der Waals surface area contributed by atoms with E-state index in [2.05, 4.69) is 85.3 Å². The minimum absolute atomic E-state index is 1.31. The molecule has 0 radical (unpaired) electrons. The molecule has 0 aromatic heterocycles. The zero-order valence-corrected chi connectivity index (χ0v) is 16.4. The van der Waals surface area contributed by atoms with Crippen LogP contribution < -0.4 is 0 Å². The molecule has 0 N–H and O–H groups in total. The lowest BCUT2D eigenvalue weighted by Crippen LogP contribution is -1.90.